The first kappa shape index (κ1) is 30.4. The average molecular weight is 347 g/mol. The first-order valence-electron chi connectivity index (χ1n) is 4.97. The Hall–Kier alpha value is -0.747. The minimum Gasteiger partial charge on any atom is -0.481 e. The van der Waals surface area contributed by atoms with Gasteiger partial charge in [0.25, 0.3) is 0 Å². The molecule has 0 aromatic heterocycles. The Kier molecular flexibility index (Phi) is 50.4. The van der Waals surface area contributed by atoms with Crippen molar-refractivity contribution in [3.05, 3.63) is 0 Å². The van der Waals surface area contributed by atoms with Crippen LogP contribution in [0.1, 0.15) is 40.0 Å². The minimum atomic E-state index is -0.745. The summed E-state index contributed by atoms with van der Waals surface area (Å²) in [6.07, 6.45) is 0.667. The summed E-state index contributed by atoms with van der Waals surface area (Å²) in [6.45, 7) is 4.80. The van der Waals surface area contributed by atoms with E-state index in [1.165, 1.54) is 7.11 Å². The number of carboxylic acid groups (broad SMARTS) is 3. The molecule has 0 unspecified atom stereocenters. The molecule has 0 saturated heterocycles. The van der Waals surface area contributed by atoms with Gasteiger partial charge in [-0.3, -0.25) is 14.4 Å². The van der Waals surface area contributed by atoms with E-state index >= 15 is 0 Å². The third-order valence-electron chi connectivity index (χ3n) is 0.907. The van der Waals surface area contributed by atoms with E-state index in [0.29, 0.717) is 0 Å². The van der Waals surface area contributed by atoms with Crippen LogP contribution >= 0.6 is 0 Å². The molecule has 0 heterocycles. The minimum absolute atomic E-state index is 0. The van der Waals surface area contributed by atoms with Crippen LogP contribution in [0, 0.1) is 0 Å². The molecule has 0 amide bonds. The fourth-order valence-corrected chi connectivity index (χ4v) is 0. The molecule has 8 heteroatoms. The van der Waals surface area contributed by atoms with Crippen LogP contribution in [-0.2, 0) is 40.6 Å². The smallest absolute Gasteiger partial charge is 0.303 e. The van der Waals surface area contributed by atoms with E-state index in [1.807, 2.05) is 0 Å². The first-order chi connectivity index (χ1) is 7.81. The molecule has 0 radical (unpaired) electrons. The molecule has 5 N–H and O–H groups in total. The summed E-state index contributed by atoms with van der Waals surface area (Å²) in [5.74, 6) is -2.24. The van der Waals surface area contributed by atoms with Crippen molar-refractivity contribution in [3.8, 4) is 0 Å². The van der Waals surface area contributed by atoms with Crippen LogP contribution in [0.15, 0.2) is 0 Å². The number of carboxylic acids is 3. The second-order valence-electron chi connectivity index (χ2n) is 2.24. The van der Waals surface area contributed by atoms with Gasteiger partial charge in [0.05, 0.1) is 0 Å². The van der Waals surface area contributed by atoms with Crippen molar-refractivity contribution < 1.29 is 61.0 Å². The van der Waals surface area contributed by atoms with Crippen LogP contribution in [-0.4, -0.2) is 45.4 Å². The summed E-state index contributed by atoms with van der Waals surface area (Å²) in [7, 11) is 1.25. The van der Waals surface area contributed by atoms with Gasteiger partial charge in [0, 0.05) is 45.5 Å². The van der Waals surface area contributed by atoms with E-state index in [0.717, 1.165) is 0 Å². The van der Waals surface area contributed by atoms with Gasteiger partial charge in [-0.2, -0.15) is 0 Å². The number of aliphatic carboxylic acids is 3. The Bertz CT molecular complexity index is 161. The molecule has 0 atom stereocenters. The number of hydrogen-bond acceptors (Lipinski definition) is 3. The quantitative estimate of drug-likeness (QED) is 0.646. The fraction of sp³-hybridized carbons (Fsp3) is 0.700. The van der Waals surface area contributed by atoms with E-state index in [-0.39, 0.29) is 45.5 Å². The van der Waals surface area contributed by atoms with Crippen molar-refractivity contribution in [1.29, 1.82) is 0 Å². The van der Waals surface area contributed by atoms with E-state index in [1.54, 1.807) is 20.8 Å². The van der Waals surface area contributed by atoms with Gasteiger partial charge >= 0.3 is 17.9 Å². The predicted octanol–water partition coefficient (Wildman–Crippen LogP) is 0.781. The second-order valence-corrected chi connectivity index (χ2v) is 2.24. The Morgan fingerprint density at radius 3 is 0.778 bits per heavy atom. The van der Waals surface area contributed by atoms with Crippen LogP contribution in [0.3, 0.4) is 0 Å². The molecule has 0 fully saturated rings. The predicted molar refractivity (Wildman–Crippen MR) is 63.3 cm³/mol. The molecule has 0 aromatic carbocycles. The summed E-state index contributed by atoms with van der Waals surface area (Å²) in [5.41, 5.74) is 0. The summed E-state index contributed by atoms with van der Waals surface area (Å²) < 4.78 is 0. The number of hydrogen-bond donors (Lipinski definition) is 3. The Labute approximate surface area is 126 Å². The van der Waals surface area contributed by atoms with Crippen LogP contribution in [0.25, 0.3) is 0 Å². The van der Waals surface area contributed by atoms with Crippen molar-refractivity contribution in [2.24, 2.45) is 0 Å². The van der Waals surface area contributed by atoms with Crippen molar-refractivity contribution in [3.63, 3.8) is 0 Å². The van der Waals surface area contributed by atoms with Gasteiger partial charge in [-0.05, 0) is 0 Å². The van der Waals surface area contributed by atoms with E-state index in [2.05, 4.69) is 0 Å². The van der Waals surface area contributed by atoms with Crippen molar-refractivity contribution >= 4 is 17.9 Å². The summed E-state index contributed by atoms with van der Waals surface area (Å²) in [5, 5.41) is 28.9. The number of carbonyl (C=O) groups is 3. The Balaban J connectivity index is -0.0000000427. The average Bonchev–Trinajstić information content (AvgIpc) is 2.32. The SMILES string of the molecule is CCC(=O)O.CCC(=O)O.CCC(=O)O.C[OH2+].[Zr]. The molecule has 0 rings (SSSR count). The van der Waals surface area contributed by atoms with Crippen molar-refractivity contribution in [2.45, 2.75) is 40.0 Å². The molecule has 0 saturated carbocycles. The van der Waals surface area contributed by atoms with Crippen LogP contribution < -0.4 is 0 Å². The number of rotatable bonds is 3. The van der Waals surface area contributed by atoms with Crippen molar-refractivity contribution in [2.75, 3.05) is 7.11 Å². The zero-order chi connectivity index (χ0) is 14.9. The molecule has 0 spiro atoms. The molecule has 0 aromatic rings. The first-order valence-corrected chi connectivity index (χ1v) is 4.97. The molecule has 7 nitrogen and oxygen atoms in total. The maximum Gasteiger partial charge on any atom is 0.303 e. The van der Waals surface area contributed by atoms with Crippen LogP contribution in [0.4, 0.5) is 0 Å². The molecule has 0 aliphatic carbocycles. The monoisotopic (exact) mass is 345 g/mol. The molecule has 108 valence electrons. The van der Waals surface area contributed by atoms with E-state index in [4.69, 9.17) is 20.4 Å². The third kappa shape index (κ3) is 112. The van der Waals surface area contributed by atoms with Gasteiger partial charge in [0.1, 0.15) is 7.11 Å². The summed E-state index contributed by atoms with van der Waals surface area (Å²) in [4.78, 5) is 28.1. The zero-order valence-corrected chi connectivity index (χ0v) is 13.6. The summed E-state index contributed by atoms with van der Waals surface area (Å²) >= 11 is 0. The molecule has 0 aliphatic heterocycles. The Morgan fingerprint density at radius 1 is 0.722 bits per heavy atom. The van der Waals surface area contributed by atoms with E-state index < -0.39 is 17.9 Å². The molecule has 0 aliphatic rings. The Morgan fingerprint density at radius 2 is 0.778 bits per heavy atom. The fourth-order valence-electron chi connectivity index (χ4n) is 0. The zero-order valence-electron chi connectivity index (χ0n) is 11.2. The third-order valence-corrected chi connectivity index (χ3v) is 0.907. The molecule has 18 heavy (non-hydrogen) atoms. The van der Waals surface area contributed by atoms with Gasteiger partial charge in [0.15, 0.2) is 0 Å². The van der Waals surface area contributed by atoms with Gasteiger partial charge in [-0.25, -0.2) is 0 Å². The molecular formula is C10H23O7Zr+. The second kappa shape index (κ2) is 29.9. The topological polar surface area (TPSA) is 135 Å². The van der Waals surface area contributed by atoms with Gasteiger partial charge in [-0.15, -0.1) is 0 Å². The van der Waals surface area contributed by atoms with Gasteiger partial charge in [0.2, 0.25) is 0 Å². The maximum atomic E-state index is 9.37. The van der Waals surface area contributed by atoms with Crippen LogP contribution in [0.5, 0.6) is 0 Å². The molecular weight excluding hydrogens is 323 g/mol. The van der Waals surface area contributed by atoms with E-state index in [9.17, 15) is 14.4 Å². The van der Waals surface area contributed by atoms with Gasteiger partial charge < -0.3 is 20.4 Å². The van der Waals surface area contributed by atoms with Gasteiger partial charge in [-0.1, -0.05) is 20.8 Å². The van der Waals surface area contributed by atoms with Crippen molar-refractivity contribution in [1.82, 2.24) is 0 Å². The summed E-state index contributed by atoms with van der Waals surface area (Å²) in [6, 6.07) is 0. The maximum absolute atomic E-state index is 9.37. The normalized spacial score (nSPS) is 6.50. The standard InChI is InChI=1S/3C3H6O2.CH4O.Zr/c3*1-2-3(4)5;1-2;/h3*2H2,1H3,(H,4,5);2H,1H3;/p+1. The largest absolute Gasteiger partial charge is 0.481 e. The molecule has 0 bridgehead atoms. The van der Waals surface area contributed by atoms with Crippen LogP contribution in [0.2, 0.25) is 0 Å².